The lowest BCUT2D eigenvalue weighted by molar-refractivity contribution is -0.117. The summed E-state index contributed by atoms with van der Waals surface area (Å²) in [6.07, 6.45) is 2.72. The van der Waals surface area contributed by atoms with Gasteiger partial charge >= 0.3 is 0 Å². The van der Waals surface area contributed by atoms with Crippen molar-refractivity contribution in [2.24, 2.45) is 0 Å². The van der Waals surface area contributed by atoms with Crippen molar-refractivity contribution >= 4 is 23.3 Å². The monoisotopic (exact) mass is 342 g/mol. The molecule has 3 rings (SSSR count). The van der Waals surface area contributed by atoms with Crippen molar-refractivity contribution < 1.29 is 14.1 Å². The average molecular weight is 342 g/mol. The van der Waals surface area contributed by atoms with Crippen LogP contribution in [0.15, 0.2) is 34.9 Å². The number of rotatable bonds is 7. The van der Waals surface area contributed by atoms with Crippen LogP contribution in [-0.2, 0) is 4.79 Å². The molecule has 2 amide bonds. The van der Waals surface area contributed by atoms with Gasteiger partial charge in [-0.3, -0.25) is 9.59 Å². The molecule has 0 radical (unpaired) electrons. The van der Waals surface area contributed by atoms with Gasteiger partial charge in [-0.1, -0.05) is 12.1 Å². The molecule has 1 unspecified atom stereocenters. The number of carbonyl (C=O) groups excluding carboxylic acids is 2. The molecule has 25 heavy (non-hydrogen) atoms. The molecule has 132 valence electrons. The fraction of sp³-hybridized carbons (Fsp3) is 0.389. The molecule has 0 bridgehead atoms. The zero-order chi connectivity index (χ0) is 17.8. The van der Waals surface area contributed by atoms with Crippen molar-refractivity contribution in [2.75, 3.05) is 10.6 Å². The van der Waals surface area contributed by atoms with Gasteiger partial charge in [-0.25, -0.2) is 0 Å². The highest BCUT2D eigenvalue weighted by atomic mass is 16.5. The molecule has 1 aromatic carbocycles. The first-order chi connectivity index (χ1) is 12.0. The maximum Gasteiger partial charge on any atom is 0.251 e. The third kappa shape index (κ3) is 4.59. The number of aryl methyl sites for hydroxylation is 1. The van der Waals surface area contributed by atoms with Crippen molar-refractivity contribution in [3.05, 3.63) is 41.7 Å². The molecule has 3 N–H and O–H groups in total. The van der Waals surface area contributed by atoms with Crippen molar-refractivity contribution in [3.63, 3.8) is 0 Å². The van der Waals surface area contributed by atoms with E-state index in [1.54, 1.807) is 37.3 Å². The minimum absolute atomic E-state index is 0.0553. The van der Waals surface area contributed by atoms with Gasteiger partial charge in [0.1, 0.15) is 11.8 Å². The van der Waals surface area contributed by atoms with Gasteiger partial charge in [0.2, 0.25) is 5.91 Å². The molecule has 1 aliphatic carbocycles. The van der Waals surface area contributed by atoms with Gasteiger partial charge in [0, 0.05) is 23.4 Å². The fourth-order valence-electron chi connectivity index (χ4n) is 2.41. The van der Waals surface area contributed by atoms with E-state index in [-0.39, 0.29) is 11.8 Å². The second-order valence-electron chi connectivity index (χ2n) is 6.24. The first-order valence-electron chi connectivity index (χ1n) is 8.47. The van der Waals surface area contributed by atoms with E-state index in [1.165, 1.54) is 0 Å². The smallest absolute Gasteiger partial charge is 0.251 e. The Bertz CT molecular complexity index is 750. The topological polar surface area (TPSA) is 96.3 Å². The fourth-order valence-corrected chi connectivity index (χ4v) is 2.41. The molecule has 1 atom stereocenters. The Hall–Kier alpha value is -2.83. The van der Waals surface area contributed by atoms with Crippen LogP contribution in [0.5, 0.6) is 0 Å². The normalized spacial score (nSPS) is 14.6. The lowest BCUT2D eigenvalue weighted by atomic mass is 10.1. The number of carbonyl (C=O) groups is 2. The van der Waals surface area contributed by atoms with E-state index in [2.05, 4.69) is 21.1 Å². The van der Waals surface area contributed by atoms with Gasteiger partial charge in [0.15, 0.2) is 5.82 Å². The molecule has 0 aliphatic heterocycles. The quantitative estimate of drug-likeness (QED) is 0.719. The molecule has 1 aromatic heterocycles. The van der Waals surface area contributed by atoms with E-state index in [1.807, 2.05) is 6.92 Å². The van der Waals surface area contributed by atoms with Crippen LogP contribution < -0.4 is 16.0 Å². The molecular weight excluding hydrogens is 320 g/mol. The van der Waals surface area contributed by atoms with Gasteiger partial charge in [-0.15, -0.1) is 0 Å². The molecule has 1 aliphatic rings. The maximum absolute atomic E-state index is 12.3. The number of amides is 2. The largest absolute Gasteiger partial charge is 0.374 e. The van der Waals surface area contributed by atoms with Gasteiger partial charge < -0.3 is 20.5 Å². The summed E-state index contributed by atoms with van der Waals surface area (Å²) in [7, 11) is 0. The standard InChI is InChI=1S/C18H22N4O3/c1-3-15(18(24)21-16-10-11(2)25-22-16)19-13-6-4-12(5-7-13)17(23)20-14-8-9-14/h4-7,10,14-15,19H,3,8-9H2,1-2H3,(H,20,23)(H,21,22,24). The van der Waals surface area contributed by atoms with Crippen LogP contribution in [0.3, 0.4) is 0 Å². The zero-order valence-electron chi connectivity index (χ0n) is 14.3. The van der Waals surface area contributed by atoms with Crippen LogP contribution >= 0.6 is 0 Å². The lowest BCUT2D eigenvalue weighted by Crippen LogP contribution is -2.34. The Balaban J connectivity index is 1.58. The molecule has 1 heterocycles. The molecule has 0 saturated heterocycles. The predicted molar refractivity (Wildman–Crippen MR) is 94.5 cm³/mol. The Labute approximate surface area is 146 Å². The lowest BCUT2D eigenvalue weighted by Gasteiger charge is -2.17. The second-order valence-corrected chi connectivity index (χ2v) is 6.24. The molecule has 0 spiro atoms. The number of anilines is 2. The summed E-state index contributed by atoms with van der Waals surface area (Å²) in [5.41, 5.74) is 1.40. The van der Waals surface area contributed by atoms with Crippen LogP contribution in [0.1, 0.15) is 42.3 Å². The number of nitrogens with zero attached hydrogens (tertiary/aromatic N) is 1. The molecular formula is C18H22N4O3. The van der Waals surface area contributed by atoms with Gasteiger partial charge in [-0.05, 0) is 50.5 Å². The molecule has 1 saturated carbocycles. The van der Waals surface area contributed by atoms with E-state index in [0.717, 1.165) is 18.5 Å². The molecule has 1 fully saturated rings. The summed E-state index contributed by atoms with van der Waals surface area (Å²) in [5, 5.41) is 12.6. The molecule has 2 aromatic rings. The third-order valence-corrected chi connectivity index (χ3v) is 4.00. The predicted octanol–water partition coefficient (Wildman–Crippen LogP) is 2.70. The Morgan fingerprint density at radius 2 is 2.00 bits per heavy atom. The van der Waals surface area contributed by atoms with Crippen molar-refractivity contribution in [1.82, 2.24) is 10.5 Å². The Kier molecular flexibility index (Phi) is 5.02. The van der Waals surface area contributed by atoms with E-state index in [0.29, 0.717) is 29.6 Å². The van der Waals surface area contributed by atoms with E-state index in [9.17, 15) is 9.59 Å². The summed E-state index contributed by atoms with van der Waals surface area (Å²) < 4.78 is 4.94. The van der Waals surface area contributed by atoms with Crippen LogP contribution in [0.2, 0.25) is 0 Å². The number of nitrogens with one attached hydrogen (secondary N) is 3. The average Bonchev–Trinajstić information content (AvgIpc) is 3.33. The van der Waals surface area contributed by atoms with Crippen LogP contribution in [0.4, 0.5) is 11.5 Å². The SMILES string of the molecule is CCC(Nc1ccc(C(=O)NC2CC2)cc1)C(=O)Nc1cc(C)on1. The first-order valence-corrected chi connectivity index (χ1v) is 8.47. The van der Waals surface area contributed by atoms with Crippen molar-refractivity contribution in [1.29, 1.82) is 0 Å². The summed E-state index contributed by atoms with van der Waals surface area (Å²) in [5.74, 6) is 0.790. The van der Waals surface area contributed by atoms with Crippen molar-refractivity contribution in [2.45, 2.75) is 45.2 Å². The number of hydrogen-bond acceptors (Lipinski definition) is 5. The van der Waals surface area contributed by atoms with Crippen molar-refractivity contribution in [3.8, 4) is 0 Å². The maximum atomic E-state index is 12.3. The first kappa shape index (κ1) is 17.0. The summed E-state index contributed by atoms with van der Waals surface area (Å²) in [4.78, 5) is 24.3. The third-order valence-electron chi connectivity index (χ3n) is 4.00. The summed E-state index contributed by atoms with van der Waals surface area (Å²) in [6, 6.07) is 8.70. The zero-order valence-corrected chi connectivity index (χ0v) is 14.3. The van der Waals surface area contributed by atoms with Gasteiger partial charge in [-0.2, -0.15) is 0 Å². The van der Waals surface area contributed by atoms with Crippen LogP contribution in [-0.4, -0.2) is 29.1 Å². The van der Waals surface area contributed by atoms with Gasteiger partial charge in [0.25, 0.3) is 5.91 Å². The minimum atomic E-state index is -0.414. The van der Waals surface area contributed by atoms with Crippen LogP contribution in [0.25, 0.3) is 0 Å². The highest BCUT2D eigenvalue weighted by Crippen LogP contribution is 2.20. The summed E-state index contributed by atoms with van der Waals surface area (Å²) >= 11 is 0. The van der Waals surface area contributed by atoms with E-state index >= 15 is 0 Å². The number of hydrogen-bond donors (Lipinski definition) is 3. The second kappa shape index (κ2) is 7.38. The molecule has 7 heteroatoms. The van der Waals surface area contributed by atoms with E-state index in [4.69, 9.17) is 4.52 Å². The number of benzene rings is 1. The highest BCUT2D eigenvalue weighted by Gasteiger charge is 2.23. The van der Waals surface area contributed by atoms with Gasteiger partial charge in [0.05, 0.1) is 0 Å². The minimum Gasteiger partial charge on any atom is -0.374 e. The Morgan fingerprint density at radius 1 is 1.28 bits per heavy atom. The summed E-state index contributed by atoms with van der Waals surface area (Å²) in [6.45, 7) is 3.68. The highest BCUT2D eigenvalue weighted by molar-refractivity contribution is 5.96. The molecule has 7 nitrogen and oxygen atoms in total. The Morgan fingerprint density at radius 3 is 2.56 bits per heavy atom. The number of aromatic nitrogens is 1. The van der Waals surface area contributed by atoms with Crippen LogP contribution in [0, 0.1) is 6.92 Å². The van der Waals surface area contributed by atoms with E-state index < -0.39 is 6.04 Å².